The molecule has 1 N–H and O–H groups in total. The van der Waals surface area contributed by atoms with Gasteiger partial charge in [0.05, 0.1) is 12.9 Å². The lowest BCUT2D eigenvalue weighted by molar-refractivity contribution is 0.326. The average molecular weight is 243 g/mol. The molecule has 1 unspecified atom stereocenters. The first kappa shape index (κ1) is 11.3. The first-order valence-corrected chi connectivity index (χ1v) is 6.31. The SMILES string of the molecule is c1ccc2c(c1)OCC2CNCCn1ccnc1. The highest BCUT2D eigenvalue weighted by Gasteiger charge is 2.22. The van der Waals surface area contributed by atoms with Crippen molar-refractivity contribution in [2.45, 2.75) is 12.5 Å². The fourth-order valence-corrected chi connectivity index (χ4v) is 2.30. The predicted molar refractivity (Wildman–Crippen MR) is 69.8 cm³/mol. The van der Waals surface area contributed by atoms with Gasteiger partial charge in [0.15, 0.2) is 0 Å². The summed E-state index contributed by atoms with van der Waals surface area (Å²) in [6, 6.07) is 8.30. The highest BCUT2D eigenvalue weighted by Crippen LogP contribution is 2.32. The molecule has 0 amide bonds. The van der Waals surface area contributed by atoms with E-state index in [2.05, 4.69) is 27.0 Å². The molecule has 4 heteroatoms. The maximum atomic E-state index is 5.66. The summed E-state index contributed by atoms with van der Waals surface area (Å²) >= 11 is 0. The van der Waals surface area contributed by atoms with Crippen molar-refractivity contribution in [1.82, 2.24) is 14.9 Å². The topological polar surface area (TPSA) is 39.1 Å². The van der Waals surface area contributed by atoms with E-state index in [4.69, 9.17) is 4.74 Å². The zero-order valence-corrected chi connectivity index (χ0v) is 10.2. The molecule has 1 aliphatic rings. The Kier molecular flexibility index (Phi) is 3.28. The summed E-state index contributed by atoms with van der Waals surface area (Å²) in [6.07, 6.45) is 5.63. The van der Waals surface area contributed by atoms with E-state index in [0.29, 0.717) is 5.92 Å². The molecule has 0 saturated heterocycles. The van der Waals surface area contributed by atoms with Gasteiger partial charge in [0.25, 0.3) is 0 Å². The minimum absolute atomic E-state index is 0.476. The monoisotopic (exact) mass is 243 g/mol. The van der Waals surface area contributed by atoms with Crippen LogP contribution >= 0.6 is 0 Å². The van der Waals surface area contributed by atoms with Crippen molar-refractivity contribution >= 4 is 0 Å². The zero-order chi connectivity index (χ0) is 12.2. The molecule has 0 aliphatic carbocycles. The van der Waals surface area contributed by atoms with Crippen molar-refractivity contribution < 1.29 is 4.74 Å². The molecular formula is C14H17N3O. The molecule has 18 heavy (non-hydrogen) atoms. The molecule has 0 radical (unpaired) electrons. The summed E-state index contributed by atoms with van der Waals surface area (Å²) in [4.78, 5) is 4.02. The smallest absolute Gasteiger partial charge is 0.122 e. The third kappa shape index (κ3) is 2.38. The van der Waals surface area contributed by atoms with E-state index in [-0.39, 0.29) is 0 Å². The van der Waals surface area contributed by atoms with Gasteiger partial charge in [0.2, 0.25) is 0 Å². The predicted octanol–water partition coefficient (Wildman–Crippen LogP) is 1.65. The molecule has 1 atom stereocenters. The van der Waals surface area contributed by atoms with Gasteiger partial charge in [-0.25, -0.2) is 4.98 Å². The number of hydrogen-bond acceptors (Lipinski definition) is 3. The van der Waals surface area contributed by atoms with Gasteiger partial charge in [-0.15, -0.1) is 0 Å². The minimum Gasteiger partial charge on any atom is -0.493 e. The molecule has 1 aliphatic heterocycles. The van der Waals surface area contributed by atoms with Gasteiger partial charge in [0.1, 0.15) is 5.75 Å². The van der Waals surface area contributed by atoms with Gasteiger partial charge in [-0.05, 0) is 6.07 Å². The lowest BCUT2D eigenvalue weighted by Crippen LogP contribution is -2.25. The van der Waals surface area contributed by atoms with Crippen molar-refractivity contribution in [3.8, 4) is 5.75 Å². The van der Waals surface area contributed by atoms with E-state index in [0.717, 1.165) is 32.0 Å². The minimum atomic E-state index is 0.476. The largest absolute Gasteiger partial charge is 0.493 e. The first-order valence-electron chi connectivity index (χ1n) is 6.31. The molecule has 2 aromatic rings. The van der Waals surface area contributed by atoms with Crippen LogP contribution in [0.5, 0.6) is 5.75 Å². The second kappa shape index (κ2) is 5.23. The van der Waals surface area contributed by atoms with Crippen LogP contribution in [-0.2, 0) is 6.54 Å². The van der Waals surface area contributed by atoms with Crippen LogP contribution in [-0.4, -0.2) is 29.2 Å². The van der Waals surface area contributed by atoms with Crippen LogP contribution in [0.3, 0.4) is 0 Å². The van der Waals surface area contributed by atoms with E-state index in [1.807, 2.05) is 24.7 Å². The lowest BCUT2D eigenvalue weighted by Gasteiger charge is -2.10. The van der Waals surface area contributed by atoms with Crippen molar-refractivity contribution in [3.05, 3.63) is 48.5 Å². The maximum absolute atomic E-state index is 5.66. The number of nitrogens with one attached hydrogen (secondary N) is 1. The fourth-order valence-electron chi connectivity index (χ4n) is 2.30. The van der Waals surface area contributed by atoms with Crippen molar-refractivity contribution in [3.63, 3.8) is 0 Å². The molecular weight excluding hydrogens is 226 g/mol. The Balaban J connectivity index is 1.47. The Bertz CT molecular complexity index is 496. The summed E-state index contributed by atoms with van der Waals surface area (Å²) in [5.74, 6) is 1.52. The number of aromatic nitrogens is 2. The molecule has 1 aromatic carbocycles. The van der Waals surface area contributed by atoms with Crippen molar-refractivity contribution in [2.24, 2.45) is 0 Å². The summed E-state index contributed by atoms with van der Waals surface area (Å²) < 4.78 is 7.73. The molecule has 0 fully saturated rings. The van der Waals surface area contributed by atoms with Crippen LogP contribution < -0.4 is 10.1 Å². The fraction of sp³-hybridized carbons (Fsp3) is 0.357. The molecule has 0 spiro atoms. The third-order valence-electron chi connectivity index (χ3n) is 3.30. The van der Waals surface area contributed by atoms with Gasteiger partial charge < -0.3 is 14.6 Å². The highest BCUT2D eigenvalue weighted by atomic mass is 16.5. The third-order valence-corrected chi connectivity index (χ3v) is 3.30. The number of fused-ring (bicyclic) bond motifs is 1. The van der Waals surface area contributed by atoms with Crippen LogP contribution in [0.25, 0.3) is 0 Å². The van der Waals surface area contributed by atoms with E-state index < -0.39 is 0 Å². The Morgan fingerprint density at radius 1 is 1.39 bits per heavy atom. The van der Waals surface area contributed by atoms with Gasteiger partial charge in [-0.3, -0.25) is 0 Å². The summed E-state index contributed by atoms with van der Waals surface area (Å²) in [5, 5.41) is 3.48. The average Bonchev–Trinajstić information content (AvgIpc) is 3.04. The second-order valence-corrected chi connectivity index (χ2v) is 4.55. The lowest BCUT2D eigenvalue weighted by atomic mass is 10.0. The Morgan fingerprint density at radius 3 is 3.22 bits per heavy atom. The number of hydrogen-bond donors (Lipinski definition) is 1. The number of para-hydroxylation sites is 1. The number of rotatable bonds is 5. The van der Waals surface area contributed by atoms with Crippen LogP contribution in [0.15, 0.2) is 43.0 Å². The van der Waals surface area contributed by atoms with E-state index in [1.165, 1.54) is 5.56 Å². The van der Waals surface area contributed by atoms with Gasteiger partial charge in [-0.2, -0.15) is 0 Å². The maximum Gasteiger partial charge on any atom is 0.122 e. The summed E-state index contributed by atoms with van der Waals surface area (Å²) in [7, 11) is 0. The number of imidazole rings is 1. The molecule has 0 bridgehead atoms. The standard InChI is InChI=1S/C14H17N3O/c1-2-4-14-13(3-1)12(10-18-14)9-15-5-7-17-8-6-16-11-17/h1-4,6,8,11-12,15H,5,7,9-10H2. The van der Waals surface area contributed by atoms with Gasteiger partial charge in [-0.1, -0.05) is 18.2 Å². The molecule has 4 nitrogen and oxygen atoms in total. The highest BCUT2D eigenvalue weighted by molar-refractivity contribution is 5.39. The molecule has 3 rings (SSSR count). The number of ether oxygens (including phenoxy) is 1. The Labute approximate surface area is 107 Å². The Morgan fingerprint density at radius 2 is 2.33 bits per heavy atom. The van der Waals surface area contributed by atoms with Gasteiger partial charge in [0, 0.05) is 43.5 Å². The normalized spacial score (nSPS) is 17.4. The number of benzene rings is 1. The van der Waals surface area contributed by atoms with Crippen LogP contribution in [0.4, 0.5) is 0 Å². The van der Waals surface area contributed by atoms with E-state index in [9.17, 15) is 0 Å². The summed E-state index contributed by atoms with van der Waals surface area (Å²) in [6.45, 7) is 3.66. The molecule has 0 saturated carbocycles. The molecule has 1 aromatic heterocycles. The second-order valence-electron chi connectivity index (χ2n) is 4.55. The van der Waals surface area contributed by atoms with Crippen LogP contribution in [0, 0.1) is 0 Å². The molecule has 2 heterocycles. The summed E-state index contributed by atoms with van der Waals surface area (Å²) in [5.41, 5.74) is 1.33. The number of nitrogens with zero attached hydrogens (tertiary/aromatic N) is 2. The zero-order valence-electron chi connectivity index (χ0n) is 10.2. The van der Waals surface area contributed by atoms with Crippen LogP contribution in [0.1, 0.15) is 11.5 Å². The van der Waals surface area contributed by atoms with Crippen molar-refractivity contribution in [1.29, 1.82) is 0 Å². The van der Waals surface area contributed by atoms with Gasteiger partial charge >= 0.3 is 0 Å². The first-order chi connectivity index (χ1) is 8.93. The van der Waals surface area contributed by atoms with Crippen molar-refractivity contribution in [2.75, 3.05) is 19.7 Å². The van der Waals surface area contributed by atoms with E-state index >= 15 is 0 Å². The molecule has 94 valence electrons. The van der Waals surface area contributed by atoms with E-state index in [1.54, 1.807) is 6.20 Å². The Hall–Kier alpha value is -1.81. The van der Waals surface area contributed by atoms with Crippen LogP contribution in [0.2, 0.25) is 0 Å². The quantitative estimate of drug-likeness (QED) is 0.812.